The second-order valence-corrected chi connectivity index (χ2v) is 5.28. The molecule has 2 aromatic rings. The van der Waals surface area contributed by atoms with Crippen molar-refractivity contribution in [2.45, 2.75) is 25.5 Å². The normalized spacial score (nSPS) is 13.8. The molecule has 20 heavy (non-hydrogen) atoms. The van der Waals surface area contributed by atoms with Gasteiger partial charge in [0.1, 0.15) is 11.9 Å². The van der Waals surface area contributed by atoms with E-state index in [2.05, 4.69) is 4.98 Å². The van der Waals surface area contributed by atoms with Crippen LogP contribution in [0.2, 0.25) is 10.0 Å². The molecule has 1 heterocycles. The number of halogens is 2. The molecule has 2 unspecified atom stereocenters. The van der Waals surface area contributed by atoms with Gasteiger partial charge in [-0.05, 0) is 36.2 Å². The molecule has 0 fully saturated rings. The Labute approximate surface area is 128 Å². The summed E-state index contributed by atoms with van der Waals surface area (Å²) in [6.45, 7) is 2.02. The van der Waals surface area contributed by atoms with Gasteiger partial charge in [0.25, 0.3) is 0 Å². The zero-order valence-corrected chi connectivity index (χ0v) is 12.6. The van der Waals surface area contributed by atoms with Crippen molar-refractivity contribution in [2.24, 2.45) is 5.73 Å². The van der Waals surface area contributed by atoms with Crippen LogP contribution in [0.1, 0.15) is 25.0 Å². The molecule has 0 saturated heterocycles. The fourth-order valence-electron chi connectivity index (χ4n) is 1.87. The van der Waals surface area contributed by atoms with E-state index in [0.717, 1.165) is 12.0 Å². The maximum Gasteiger partial charge on any atom is 0.139 e. The van der Waals surface area contributed by atoms with Gasteiger partial charge in [0, 0.05) is 24.5 Å². The van der Waals surface area contributed by atoms with Crippen molar-refractivity contribution in [2.75, 3.05) is 0 Å². The molecular formula is C15H16Cl2N2O. The Kier molecular flexibility index (Phi) is 5.24. The van der Waals surface area contributed by atoms with E-state index in [4.69, 9.17) is 33.7 Å². The van der Waals surface area contributed by atoms with E-state index >= 15 is 0 Å². The Bertz CT molecular complexity index is 563. The summed E-state index contributed by atoms with van der Waals surface area (Å²) in [5, 5.41) is 0.960. The minimum Gasteiger partial charge on any atom is -0.484 e. The van der Waals surface area contributed by atoms with Crippen molar-refractivity contribution in [1.82, 2.24) is 4.98 Å². The number of nitrogens with two attached hydrogens (primary N) is 1. The number of aromatic nitrogens is 1. The van der Waals surface area contributed by atoms with Crippen molar-refractivity contribution in [1.29, 1.82) is 0 Å². The number of ether oxygens (including phenoxy) is 1. The SMILES string of the molecule is CCC(N)C(Oc1ccc(Cl)c(Cl)c1)c1ccncc1. The van der Waals surface area contributed by atoms with Crippen LogP contribution < -0.4 is 10.5 Å². The highest BCUT2D eigenvalue weighted by Crippen LogP contribution is 2.30. The van der Waals surface area contributed by atoms with Crippen LogP contribution in [-0.2, 0) is 0 Å². The van der Waals surface area contributed by atoms with Gasteiger partial charge in [-0.1, -0.05) is 30.1 Å². The maximum atomic E-state index is 6.16. The van der Waals surface area contributed by atoms with Crippen molar-refractivity contribution in [3.63, 3.8) is 0 Å². The maximum absolute atomic E-state index is 6.16. The zero-order valence-electron chi connectivity index (χ0n) is 11.1. The topological polar surface area (TPSA) is 48.1 Å². The first-order valence-electron chi connectivity index (χ1n) is 6.39. The Morgan fingerprint density at radius 1 is 1.15 bits per heavy atom. The number of hydrogen-bond acceptors (Lipinski definition) is 3. The quantitative estimate of drug-likeness (QED) is 0.898. The third kappa shape index (κ3) is 3.63. The first kappa shape index (κ1) is 15.1. The largest absolute Gasteiger partial charge is 0.484 e. The fourth-order valence-corrected chi connectivity index (χ4v) is 2.15. The summed E-state index contributed by atoms with van der Waals surface area (Å²) in [4.78, 5) is 4.01. The predicted octanol–water partition coefficient (Wildman–Crippen LogP) is 4.25. The highest BCUT2D eigenvalue weighted by atomic mass is 35.5. The second kappa shape index (κ2) is 6.93. The van der Waals surface area contributed by atoms with Crippen LogP contribution in [0.5, 0.6) is 5.75 Å². The van der Waals surface area contributed by atoms with Gasteiger partial charge in [0.15, 0.2) is 0 Å². The summed E-state index contributed by atoms with van der Waals surface area (Å²) >= 11 is 11.9. The highest BCUT2D eigenvalue weighted by Gasteiger charge is 2.20. The summed E-state index contributed by atoms with van der Waals surface area (Å²) in [7, 11) is 0. The molecule has 0 bridgehead atoms. The van der Waals surface area contributed by atoms with Crippen LogP contribution in [-0.4, -0.2) is 11.0 Å². The number of hydrogen-bond donors (Lipinski definition) is 1. The standard InChI is InChI=1S/C15H16Cl2N2O/c1-2-14(18)15(10-5-7-19-8-6-10)20-11-3-4-12(16)13(17)9-11/h3-9,14-15H,2,18H2,1H3. The molecule has 2 atom stereocenters. The summed E-state index contributed by atoms with van der Waals surface area (Å²) in [5.74, 6) is 0.644. The van der Waals surface area contributed by atoms with Crippen LogP contribution in [0.15, 0.2) is 42.7 Å². The lowest BCUT2D eigenvalue weighted by Gasteiger charge is -2.24. The van der Waals surface area contributed by atoms with Crippen LogP contribution in [0.3, 0.4) is 0 Å². The second-order valence-electron chi connectivity index (χ2n) is 4.47. The molecule has 0 radical (unpaired) electrons. The summed E-state index contributed by atoms with van der Waals surface area (Å²) in [6.07, 6.45) is 4.00. The Hall–Kier alpha value is -1.29. The average Bonchev–Trinajstić information content (AvgIpc) is 2.48. The molecule has 0 aliphatic heterocycles. The molecule has 5 heteroatoms. The fraction of sp³-hybridized carbons (Fsp3) is 0.267. The Balaban J connectivity index is 2.26. The van der Waals surface area contributed by atoms with Gasteiger partial charge in [-0.25, -0.2) is 0 Å². The molecule has 2 N–H and O–H groups in total. The highest BCUT2D eigenvalue weighted by molar-refractivity contribution is 6.42. The van der Waals surface area contributed by atoms with Gasteiger partial charge in [-0.2, -0.15) is 0 Å². The average molecular weight is 311 g/mol. The zero-order chi connectivity index (χ0) is 14.5. The van der Waals surface area contributed by atoms with Crippen molar-refractivity contribution in [3.05, 3.63) is 58.3 Å². The lowest BCUT2D eigenvalue weighted by atomic mass is 10.0. The van der Waals surface area contributed by atoms with E-state index in [1.165, 1.54) is 0 Å². The molecule has 106 valence electrons. The van der Waals surface area contributed by atoms with E-state index in [-0.39, 0.29) is 12.1 Å². The number of nitrogens with zero attached hydrogens (tertiary/aromatic N) is 1. The number of rotatable bonds is 5. The van der Waals surface area contributed by atoms with Gasteiger partial charge < -0.3 is 10.5 Å². The Morgan fingerprint density at radius 2 is 1.85 bits per heavy atom. The summed E-state index contributed by atoms with van der Waals surface area (Å²) in [5.41, 5.74) is 7.15. The van der Waals surface area contributed by atoms with Crippen molar-refractivity contribution < 1.29 is 4.74 Å². The number of benzene rings is 1. The van der Waals surface area contributed by atoms with E-state index < -0.39 is 0 Å². The summed E-state index contributed by atoms with van der Waals surface area (Å²) < 4.78 is 5.99. The van der Waals surface area contributed by atoms with Gasteiger partial charge in [-0.15, -0.1) is 0 Å². The van der Waals surface area contributed by atoms with E-state index in [0.29, 0.717) is 15.8 Å². The van der Waals surface area contributed by atoms with Gasteiger partial charge in [-0.3, -0.25) is 4.98 Å². The first-order chi connectivity index (χ1) is 9.61. The third-order valence-electron chi connectivity index (χ3n) is 3.05. The predicted molar refractivity (Wildman–Crippen MR) is 82.3 cm³/mol. The van der Waals surface area contributed by atoms with Crippen LogP contribution in [0.25, 0.3) is 0 Å². The number of pyridine rings is 1. The lowest BCUT2D eigenvalue weighted by molar-refractivity contribution is 0.171. The molecule has 1 aromatic heterocycles. The molecule has 0 aliphatic carbocycles. The van der Waals surface area contributed by atoms with Gasteiger partial charge in [0.2, 0.25) is 0 Å². The minimum atomic E-state index is -0.250. The van der Waals surface area contributed by atoms with Crippen LogP contribution >= 0.6 is 23.2 Å². The minimum absolute atomic E-state index is 0.119. The summed E-state index contributed by atoms with van der Waals surface area (Å²) in [6, 6.07) is 8.87. The van der Waals surface area contributed by atoms with Gasteiger partial charge >= 0.3 is 0 Å². The first-order valence-corrected chi connectivity index (χ1v) is 7.14. The molecule has 0 spiro atoms. The lowest BCUT2D eigenvalue weighted by Crippen LogP contribution is -2.31. The molecule has 0 saturated carbocycles. The molecule has 2 rings (SSSR count). The Morgan fingerprint density at radius 3 is 2.45 bits per heavy atom. The molecule has 1 aromatic carbocycles. The molecule has 3 nitrogen and oxygen atoms in total. The van der Waals surface area contributed by atoms with Crippen LogP contribution in [0.4, 0.5) is 0 Å². The molecule has 0 amide bonds. The van der Waals surface area contributed by atoms with Crippen molar-refractivity contribution >= 4 is 23.2 Å². The van der Waals surface area contributed by atoms with E-state index in [1.54, 1.807) is 30.6 Å². The van der Waals surface area contributed by atoms with Gasteiger partial charge in [0.05, 0.1) is 10.0 Å². The van der Waals surface area contributed by atoms with E-state index in [1.807, 2.05) is 19.1 Å². The monoisotopic (exact) mass is 310 g/mol. The van der Waals surface area contributed by atoms with E-state index in [9.17, 15) is 0 Å². The smallest absolute Gasteiger partial charge is 0.139 e. The third-order valence-corrected chi connectivity index (χ3v) is 3.79. The molecule has 0 aliphatic rings. The van der Waals surface area contributed by atoms with Crippen molar-refractivity contribution in [3.8, 4) is 5.75 Å². The van der Waals surface area contributed by atoms with Crippen LogP contribution in [0, 0.1) is 0 Å². The molecular weight excluding hydrogens is 295 g/mol.